The number of carbonyl (C=O) groups excluding carboxylic acids is 17. The molecular weight excluding hydrogens is 1840 g/mol. The van der Waals surface area contributed by atoms with Gasteiger partial charge in [-0.05, 0) is 153 Å². The molecule has 2 fully saturated rings. The molecule has 3 heterocycles. The number of Topliss-reactive ketones (excluding diaryl/α,β-unsaturated/α-hetero) is 11. The molecule has 0 saturated carbocycles. The minimum absolute atomic E-state index is 0.0193. The Bertz CT molecular complexity index is 5530. The SMILES string of the molecule is CCC(=O)[C@H](CC(=O)[C@H](CC(=O)C(C)(C)NC(=O)CCC(=O)[C@H](CC(=O)C(C)(C)NC(=O)[C@@H](CSCc1cc2cc(c1)CSC[C@@H](C)C(=O)N1CCC[C@@H]1C(=O)C[C@H](C(C)(C)C)C(=O)C[C@H](CC(N)=O)C(=O)C[C@H](CCCCNC(=N)N)C(=O)N1CCC[C@@H]1C(=O)C[C@@H](CC(=O)O)C(=O)C[C@@H](C(N)=O)CSC2)CC(C)=O)Cc1cccc2ccccc12)Cc1ccccc1)Cc1cccc2ccccc12. The van der Waals surface area contributed by atoms with E-state index in [4.69, 9.17) is 22.6 Å². The molecule has 11 N–H and O–H groups in total. The van der Waals surface area contributed by atoms with Gasteiger partial charge in [0.05, 0.1) is 41.4 Å². The summed E-state index contributed by atoms with van der Waals surface area (Å²) in [5.41, 5.74) is 18.2. The van der Waals surface area contributed by atoms with Gasteiger partial charge in [-0.1, -0.05) is 174 Å². The summed E-state index contributed by atoms with van der Waals surface area (Å²) in [5.74, 6) is -19.2. The van der Waals surface area contributed by atoms with Gasteiger partial charge in [-0.25, -0.2) is 0 Å². The van der Waals surface area contributed by atoms with E-state index in [1.165, 1.54) is 61.0 Å². The van der Waals surface area contributed by atoms with Crippen LogP contribution in [0, 0.1) is 70.0 Å². The molecule has 31 heteroatoms. The lowest BCUT2D eigenvalue weighted by atomic mass is 9.72. The highest BCUT2D eigenvalue weighted by Crippen LogP contribution is 2.39. The first kappa shape index (κ1) is 112. The molecule has 754 valence electrons. The third kappa shape index (κ3) is 33.8. The summed E-state index contributed by atoms with van der Waals surface area (Å²) in [5, 5.41) is 30.0. The summed E-state index contributed by atoms with van der Waals surface area (Å²) in [6.45, 7) is 17.0. The fraction of sp³-hybridized carbons (Fsp3) is 0.532. The number of carboxylic acid groups (broad SMARTS) is 1. The standard InChI is InChI=1S/C109H141N9O19S3/c1-11-89(120)78(48-74-32-21-30-72-27-15-17-34-84(72)74)51-92(123)77(47-68-25-13-12-14-26-68)55-97(128)108(7,8)115-100(131)39-38-90(121)79(49-75-33-22-31-73-28-16-18-35-85(73)75)56-98(129)109(9,10)116-103(135)83(43-67(3)119)65-140-63-71-45-69-44-70(46-71)62-139-64-82(102(111)134)54-93(124)81(58-101(132)133)53-95(126)87-36-24-42-118(87)105(137)76(29-19-20-40-114-106(112)113)50-91(122)80(57-99(110)130)52-94(125)86(107(4,5)6)59-96(127)88-37-23-41-117(88)104(136)66(2)60-138-61-69/h12-18,21-22,25-28,30-35,44-46,66,76-83,86-88H,11,19-20,23-24,29,36-43,47-65H2,1-10H3,(H2,110,130)(H2,111,134)(H,115,131)(H,116,135)(H,132,133)(H4,112,113,114)/t66-,76+,77+,78+,79+,80-,81+,82-,83-,86+,87-,88-/m1/s1. The van der Waals surface area contributed by atoms with Gasteiger partial charge in [-0.15, -0.1) is 0 Å². The lowest BCUT2D eigenvalue weighted by Crippen LogP contribution is -2.53. The van der Waals surface area contributed by atoms with Crippen molar-refractivity contribution in [2.75, 3.05) is 36.9 Å². The van der Waals surface area contributed by atoms with E-state index in [1.54, 1.807) is 53.4 Å². The molecule has 9 rings (SSSR count). The lowest BCUT2D eigenvalue weighted by Gasteiger charge is -2.33. The number of ketones is 11. The molecule has 12 atom stereocenters. The molecule has 6 aromatic rings. The maximum Gasteiger partial charge on any atom is 0.304 e. The zero-order chi connectivity index (χ0) is 102. The first-order valence-corrected chi connectivity index (χ1v) is 52.5. The molecule has 6 amide bonds. The van der Waals surface area contributed by atoms with E-state index in [0.717, 1.165) is 54.9 Å². The zero-order valence-electron chi connectivity index (χ0n) is 82.6. The first-order valence-electron chi connectivity index (χ1n) is 49.0. The largest absolute Gasteiger partial charge is 0.481 e. The topological polar surface area (TPSA) is 472 Å². The quantitative estimate of drug-likeness (QED) is 0.0101. The summed E-state index contributed by atoms with van der Waals surface area (Å²) < 4.78 is 0. The van der Waals surface area contributed by atoms with Crippen molar-refractivity contribution in [3.63, 3.8) is 0 Å². The summed E-state index contributed by atoms with van der Waals surface area (Å²) in [4.78, 5) is 260. The van der Waals surface area contributed by atoms with E-state index >= 15 is 4.79 Å². The molecule has 140 heavy (non-hydrogen) atoms. The second kappa shape index (κ2) is 53.1. The number of aliphatic carboxylic acids is 1. The number of carbonyl (C=O) groups is 18. The molecule has 6 aromatic carbocycles. The number of nitrogens with two attached hydrogens (primary N) is 3. The Hall–Kier alpha value is -11.2. The second-order valence-corrected chi connectivity index (χ2v) is 43.7. The number of rotatable bonds is 40. The summed E-state index contributed by atoms with van der Waals surface area (Å²) in [7, 11) is 0. The average molecular weight is 1980 g/mol. The van der Waals surface area contributed by atoms with Gasteiger partial charge in [-0.3, -0.25) is 86.9 Å². The molecule has 2 saturated heterocycles. The number of hydrogen-bond donors (Lipinski definition) is 8. The Labute approximate surface area is 834 Å². The Morgan fingerprint density at radius 1 is 0.529 bits per heavy atom. The molecular formula is C109H141N9O19S3. The number of fused-ring (bicyclic) bond motifs is 6. The molecule has 0 unspecified atom stereocenters. The normalized spacial score (nSPS) is 20.4. The van der Waals surface area contributed by atoms with Crippen LogP contribution in [-0.2, 0) is 123 Å². The van der Waals surface area contributed by atoms with Crippen molar-refractivity contribution in [2.24, 2.45) is 81.8 Å². The molecule has 3 aliphatic rings. The van der Waals surface area contributed by atoms with Crippen molar-refractivity contribution < 1.29 is 91.4 Å². The molecule has 0 spiro atoms. The number of nitrogens with one attached hydrogen (secondary N) is 4. The molecule has 0 aromatic heterocycles. The number of guanidine groups is 1. The van der Waals surface area contributed by atoms with Crippen molar-refractivity contribution in [3.05, 3.63) is 167 Å². The Kier molecular flexibility index (Phi) is 42.6. The van der Waals surface area contributed by atoms with Crippen LogP contribution in [0.4, 0.5) is 0 Å². The monoisotopic (exact) mass is 1980 g/mol. The van der Waals surface area contributed by atoms with Crippen LogP contribution in [0.1, 0.15) is 237 Å². The number of carboxylic acids is 1. The lowest BCUT2D eigenvalue weighted by molar-refractivity contribution is -0.145. The predicted octanol–water partition coefficient (Wildman–Crippen LogP) is 13.9. The highest BCUT2D eigenvalue weighted by molar-refractivity contribution is 7.99. The fourth-order valence-corrected chi connectivity index (χ4v) is 22.6. The second-order valence-electron chi connectivity index (χ2n) is 40.6. The van der Waals surface area contributed by atoms with Gasteiger partial charge in [-0.2, -0.15) is 35.3 Å². The van der Waals surface area contributed by atoms with E-state index < -0.39 is 202 Å². The van der Waals surface area contributed by atoms with Crippen LogP contribution in [0.3, 0.4) is 0 Å². The van der Waals surface area contributed by atoms with Crippen LogP contribution in [0.15, 0.2) is 133 Å². The maximum atomic E-state index is 15.0. The van der Waals surface area contributed by atoms with E-state index in [1.807, 2.05) is 133 Å². The molecule has 2 bridgehead atoms. The molecule has 28 nitrogen and oxygen atoms in total. The molecule has 0 aliphatic carbocycles. The minimum atomic E-state index is -1.62. The van der Waals surface area contributed by atoms with Crippen LogP contribution in [0.25, 0.3) is 21.5 Å². The molecule has 3 aliphatic heterocycles. The fourth-order valence-electron chi connectivity index (χ4n) is 19.5. The Balaban J connectivity index is 0.911. The van der Waals surface area contributed by atoms with E-state index in [2.05, 4.69) is 16.0 Å². The Morgan fingerprint density at radius 3 is 1.60 bits per heavy atom. The number of amides is 6. The predicted molar refractivity (Wildman–Crippen MR) is 545 cm³/mol. The zero-order valence-corrected chi connectivity index (χ0v) is 85.1. The summed E-state index contributed by atoms with van der Waals surface area (Å²) in [6.07, 6.45) is -2.43. The van der Waals surface area contributed by atoms with E-state index in [9.17, 15) is 86.6 Å². The number of unbranched alkanes of at least 4 members (excludes halogenated alkanes) is 1. The van der Waals surface area contributed by atoms with Crippen LogP contribution < -0.4 is 33.2 Å². The highest BCUT2D eigenvalue weighted by Gasteiger charge is 2.46. The summed E-state index contributed by atoms with van der Waals surface area (Å²) >= 11 is 4.09. The van der Waals surface area contributed by atoms with Gasteiger partial charge in [0.2, 0.25) is 35.4 Å². The highest BCUT2D eigenvalue weighted by atomic mass is 32.2. The smallest absolute Gasteiger partial charge is 0.304 e. The average Bonchev–Trinajstić information content (AvgIpc) is 1.76. The third-order valence-electron chi connectivity index (χ3n) is 27.4. The van der Waals surface area contributed by atoms with Crippen molar-refractivity contribution in [1.29, 1.82) is 5.41 Å². The van der Waals surface area contributed by atoms with Crippen LogP contribution >= 0.6 is 35.3 Å². The first-order chi connectivity index (χ1) is 66.3. The van der Waals surface area contributed by atoms with Crippen molar-refractivity contribution >= 4 is 168 Å². The van der Waals surface area contributed by atoms with Crippen molar-refractivity contribution in [3.8, 4) is 0 Å². The molecule has 0 radical (unpaired) electrons. The number of primary amides is 2. The van der Waals surface area contributed by atoms with Crippen LogP contribution in [0.5, 0.6) is 0 Å². The van der Waals surface area contributed by atoms with E-state index in [-0.39, 0.29) is 155 Å². The van der Waals surface area contributed by atoms with Crippen LogP contribution in [0.2, 0.25) is 0 Å². The summed E-state index contributed by atoms with van der Waals surface area (Å²) in [6, 6.07) is 40.1. The van der Waals surface area contributed by atoms with Crippen molar-refractivity contribution in [2.45, 2.75) is 264 Å². The number of benzene rings is 6. The third-order valence-corrected chi connectivity index (χ3v) is 31.1. The number of hydrogen-bond acceptors (Lipinski definition) is 22. The number of thioether (sulfide) groups is 3. The van der Waals surface area contributed by atoms with Gasteiger partial charge in [0.1, 0.15) is 40.5 Å². The van der Waals surface area contributed by atoms with Crippen molar-refractivity contribution in [1.82, 2.24) is 25.8 Å². The van der Waals surface area contributed by atoms with Crippen LogP contribution in [-0.4, -0.2) is 186 Å². The van der Waals surface area contributed by atoms with Gasteiger partial charge in [0.25, 0.3) is 0 Å². The minimum Gasteiger partial charge on any atom is -0.481 e. The van der Waals surface area contributed by atoms with Gasteiger partial charge < -0.3 is 52.9 Å². The number of nitrogens with zero attached hydrogens (tertiary/aromatic N) is 2. The van der Waals surface area contributed by atoms with Gasteiger partial charge in [0, 0.05) is 185 Å². The van der Waals surface area contributed by atoms with E-state index in [0.29, 0.717) is 50.0 Å². The maximum absolute atomic E-state index is 15.0. The Morgan fingerprint density at radius 2 is 1.04 bits per heavy atom. The van der Waals surface area contributed by atoms with Gasteiger partial charge >= 0.3 is 5.97 Å². The van der Waals surface area contributed by atoms with Gasteiger partial charge in [0.15, 0.2) is 29.1 Å².